The predicted octanol–water partition coefficient (Wildman–Crippen LogP) is 0.137. The van der Waals surface area contributed by atoms with Crippen LogP contribution in [0.25, 0.3) is 0 Å². The van der Waals surface area contributed by atoms with E-state index in [9.17, 15) is 20.1 Å². The van der Waals surface area contributed by atoms with Crippen LogP contribution in [0.15, 0.2) is 0 Å². The summed E-state index contributed by atoms with van der Waals surface area (Å²) in [7, 11) is 1.31. The van der Waals surface area contributed by atoms with E-state index in [0.717, 1.165) is 19.3 Å². The fourth-order valence-electron chi connectivity index (χ4n) is 2.38. The van der Waals surface area contributed by atoms with Gasteiger partial charge in [0.15, 0.2) is 6.29 Å². The average molecular weight is 335 g/mol. The number of carbonyl (C=O) groups is 1. The van der Waals surface area contributed by atoms with E-state index >= 15 is 0 Å². The summed E-state index contributed by atoms with van der Waals surface area (Å²) < 4.78 is 15.1. The van der Waals surface area contributed by atoms with Gasteiger partial charge in [0, 0.05) is 13.7 Å². The van der Waals surface area contributed by atoms with Crippen LogP contribution in [0.2, 0.25) is 0 Å². The number of rotatable bonds is 9. The first-order valence-electron chi connectivity index (χ1n) is 8.14. The zero-order valence-corrected chi connectivity index (χ0v) is 13.8. The van der Waals surface area contributed by atoms with Crippen molar-refractivity contribution in [3.63, 3.8) is 0 Å². The molecular weight excluding hydrogens is 306 g/mol. The molecule has 1 fully saturated rings. The molecule has 8 nitrogen and oxygen atoms in total. The smallest absolute Gasteiger partial charge is 0.407 e. The third-order valence-corrected chi connectivity index (χ3v) is 3.83. The molecular formula is C15H29NO7. The summed E-state index contributed by atoms with van der Waals surface area (Å²) in [6, 6.07) is 0. The summed E-state index contributed by atoms with van der Waals surface area (Å²) >= 11 is 0. The fraction of sp³-hybridized carbons (Fsp3) is 0.933. The maximum Gasteiger partial charge on any atom is 0.407 e. The van der Waals surface area contributed by atoms with Gasteiger partial charge in [-0.2, -0.15) is 0 Å². The van der Waals surface area contributed by atoms with Gasteiger partial charge in [-0.05, 0) is 6.42 Å². The standard InChI is InChI=1S/C15H29NO7/c1-3-4-5-6-7-8-16-15(20)22-9-10-11(17)12(18)13(19)14(21-2)23-10/h10-14,17-19H,3-9H2,1-2H3,(H,16,20)/t10-,11+,12-,13-,14+/m0/s1. The van der Waals surface area contributed by atoms with Crippen LogP contribution < -0.4 is 5.32 Å². The SMILES string of the molecule is CCCCCCCNC(=O)OC[C@@H]1O[C@@H](OC)[C@@H](O)[C@@H](O)[C@@H]1O. The number of aliphatic hydroxyl groups is 3. The van der Waals surface area contributed by atoms with E-state index in [1.54, 1.807) is 0 Å². The first-order valence-corrected chi connectivity index (χ1v) is 8.14. The van der Waals surface area contributed by atoms with Gasteiger partial charge in [0.25, 0.3) is 0 Å². The summed E-state index contributed by atoms with van der Waals surface area (Å²) in [6.07, 6.45) is -1.35. The van der Waals surface area contributed by atoms with E-state index in [0.29, 0.717) is 6.54 Å². The van der Waals surface area contributed by atoms with Gasteiger partial charge in [-0.25, -0.2) is 4.79 Å². The molecule has 0 aromatic rings. The number of aliphatic hydroxyl groups excluding tert-OH is 3. The molecule has 8 heteroatoms. The Hall–Kier alpha value is -0.930. The van der Waals surface area contributed by atoms with Crippen molar-refractivity contribution in [2.45, 2.75) is 69.7 Å². The Balaban J connectivity index is 2.24. The number of alkyl carbamates (subject to hydrolysis) is 1. The monoisotopic (exact) mass is 335 g/mol. The molecule has 0 bridgehead atoms. The molecule has 1 amide bonds. The zero-order chi connectivity index (χ0) is 17.2. The molecule has 136 valence electrons. The second-order valence-electron chi connectivity index (χ2n) is 5.69. The Bertz CT molecular complexity index is 340. The molecule has 23 heavy (non-hydrogen) atoms. The predicted molar refractivity (Wildman–Crippen MR) is 81.8 cm³/mol. The van der Waals surface area contributed by atoms with Gasteiger partial charge in [-0.15, -0.1) is 0 Å². The Morgan fingerprint density at radius 1 is 1.09 bits per heavy atom. The van der Waals surface area contributed by atoms with Crippen LogP contribution in [0, 0.1) is 0 Å². The molecule has 1 saturated heterocycles. The summed E-state index contributed by atoms with van der Waals surface area (Å²) in [5, 5.41) is 31.8. The van der Waals surface area contributed by atoms with Crippen molar-refractivity contribution in [2.75, 3.05) is 20.3 Å². The number of nitrogens with one attached hydrogen (secondary N) is 1. The Morgan fingerprint density at radius 2 is 1.78 bits per heavy atom. The van der Waals surface area contributed by atoms with Gasteiger partial charge >= 0.3 is 6.09 Å². The van der Waals surface area contributed by atoms with E-state index in [1.807, 2.05) is 0 Å². The van der Waals surface area contributed by atoms with Crippen LogP contribution in [-0.4, -0.2) is 72.4 Å². The summed E-state index contributed by atoms with van der Waals surface area (Å²) in [6.45, 7) is 2.42. The van der Waals surface area contributed by atoms with E-state index in [2.05, 4.69) is 12.2 Å². The quantitative estimate of drug-likeness (QED) is 0.443. The van der Waals surface area contributed by atoms with E-state index < -0.39 is 36.8 Å². The van der Waals surface area contributed by atoms with Gasteiger partial charge in [-0.1, -0.05) is 32.6 Å². The maximum absolute atomic E-state index is 11.6. The molecule has 0 aromatic heterocycles. The molecule has 1 rings (SSSR count). The Morgan fingerprint density at radius 3 is 2.43 bits per heavy atom. The molecule has 1 heterocycles. The van der Waals surface area contributed by atoms with Gasteiger partial charge in [0.05, 0.1) is 0 Å². The van der Waals surface area contributed by atoms with E-state index in [1.165, 1.54) is 20.0 Å². The molecule has 0 radical (unpaired) electrons. The van der Waals surface area contributed by atoms with Crippen molar-refractivity contribution >= 4 is 6.09 Å². The number of hydrogen-bond donors (Lipinski definition) is 4. The van der Waals surface area contributed by atoms with Crippen LogP contribution in [0.5, 0.6) is 0 Å². The van der Waals surface area contributed by atoms with Crippen LogP contribution in [-0.2, 0) is 14.2 Å². The first kappa shape index (κ1) is 20.1. The molecule has 5 atom stereocenters. The molecule has 4 N–H and O–H groups in total. The minimum Gasteiger partial charge on any atom is -0.447 e. The molecule has 0 aromatic carbocycles. The van der Waals surface area contributed by atoms with Gasteiger partial charge < -0.3 is 34.8 Å². The van der Waals surface area contributed by atoms with E-state index in [4.69, 9.17) is 14.2 Å². The lowest BCUT2D eigenvalue weighted by atomic mass is 9.99. The highest BCUT2D eigenvalue weighted by Gasteiger charge is 2.44. The van der Waals surface area contributed by atoms with Gasteiger partial charge in [0.2, 0.25) is 0 Å². The molecule has 0 aliphatic carbocycles. The highest BCUT2D eigenvalue weighted by atomic mass is 16.7. The number of ether oxygens (including phenoxy) is 3. The lowest BCUT2D eigenvalue weighted by molar-refractivity contribution is -0.294. The van der Waals surface area contributed by atoms with Crippen LogP contribution >= 0.6 is 0 Å². The third-order valence-electron chi connectivity index (χ3n) is 3.83. The van der Waals surface area contributed by atoms with Crippen molar-refractivity contribution in [3.05, 3.63) is 0 Å². The molecule has 0 spiro atoms. The average Bonchev–Trinajstić information content (AvgIpc) is 2.55. The Kier molecular flexibility index (Phi) is 9.42. The number of hydrogen-bond acceptors (Lipinski definition) is 7. The minimum atomic E-state index is -1.43. The zero-order valence-electron chi connectivity index (χ0n) is 13.8. The van der Waals surface area contributed by atoms with Crippen LogP contribution in [0.3, 0.4) is 0 Å². The number of methoxy groups -OCH3 is 1. The third kappa shape index (κ3) is 6.60. The second kappa shape index (κ2) is 10.8. The van der Waals surface area contributed by atoms with Crippen molar-refractivity contribution in [2.24, 2.45) is 0 Å². The summed E-state index contributed by atoms with van der Waals surface area (Å²) in [5.74, 6) is 0. The highest BCUT2D eigenvalue weighted by Crippen LogP contribution is 2.21. The van der Waals surface area contributed by atoms with Crippen LogP contribution in [0.1, 0.15) is 39.0 Å². The highest BCUT2D eigenvalue weighted by molar-refractivity contribution is 5.67. The lowest BCUT2D eigenvalue weighted by Crippen LogP contribution is -2.59. The van der Waals surface area contributed by atoms with Crippen LogP contribution in [0.4, 0.5) is 4.79 Å². The van der Waals surface area contributed by atoms with Crippen molar-refractivity contribution in [3.8, 4) is 0 Å². The largest absolute Gasteiger partial charge is 0.447 e. The molecule has 1 aliphatic rings. The molecule has 0 saturated carbocycles. The summed E-state index contributed by atoms with van der Waals surface area (Å²) in [4.78, 5) is 11.6. The van der Waals surface area contributed by atoms with Gasteiger partial charge in [0.1, 0.15) is 31.0 Å². The number of unbranched alkanes of at least 4 members (excludes halogenated alkanes) is 4. The minimum absolute atomic E-state index is 0.244. The lowest BCUT2D eigenvalue weighted by Gasteiger charge is -2.39. The van der Waals surface area contributed by atoms with Crippen molar-refractivity contribution in [1.82, 2.24) is 5.32 Å². The second-order valence-corrected chi connectivity index (χ2v) is 5.69. The Labute approximate surface area is 136 Å². The van der Waals surface area contributed by atoms with E-state index in [-0.39, 0.29) is 6.61 Å². The van der Waals surface area contributed by atoms with Gasteiger partial charge in [-0.3, -0.25) is 0 Å². The molecule has 0 unspecified atom stereocenters. The van der Waals surface area contributed by atoms with Crippen molar-refractivity contribution < 1.29 is 34.3 Å². The number of carbonyl (C=O) groups excluding carboxylic acids is 1. The summed E-state index contributed by atoms with van der Waals surface area (Å²) in [5.41, 5.74) is 0. The first-order chi connectivity index (χ1) is 11.0. The maximum atomic E-state index is 11.6. The topological polar surface area (TPSA) is 117 Å². The number of amides is 1. The fourth-order valence-corrected chi connectivity index (χ4v) is 2.38. The van der Waals surface area contributed by atoms with Crippen molar-refractivity contribution in [1.29, 1.82) is 0 Å². The molecule has 1 aliphatic heterocycles. The normalized spacial score (nSPS) is 30.9.